The van der Waals surface area contributed by atoms with E-state index in [1.807, 2.05) is 12.3 Å². The van der Waals surface area contributed by atoms with Crippen molar-refractivity contribution in [3.8, 4) is 0 Å². The summed E-state index contributed by atoms with van der Waals surface area (Å²) in [6.45, 7) is 1.96. The molecule has 3 nitrogen and oxygen atoms in total. The number of aromatic nitrogens is 2. The molecule has 0 aliphatic rings. The summed E-state index contributed by atoms with van der Waals surface area (Å²) in [4.78, 5) is 8.53. The molecule has 0 aliphatic carbocycles. The van der Waals surface area contributed by atoms with Crippen LogP contribution in [0.1, 0.15) is 22.4 Å². The second kappa shape index (κ2) is 5.31. The Morgan fingerprint density at radius 1 is 1.47 bits per heavy atom. The topological polar surface area (TPSA) is 51.8 Å². The molecule has 1 atom stereocenters. The second-order valence-electron chi connectivity index (χ2n) is 3.71. The molecule has 0 aliphatic heterocycles. The number of rotatable bonds is 3. The van der Waals surface area contributed by atoms with Crippen LogP contribution in [-0.2, 0) is 6.42 Å². The van der Waals surface area contributed by atoms with Crippen LogP contribution < -0.4 is 5.73 Å². The van der Waals surface area contributed by atoms with Crippen LogP contribution in [0.3, 0.4) is 0 Å². The van der Waals surface area contributed by atoms with Gasteiger partial charge >= 0.3 is 0 Å². The number of pyridine rings is 1. The molecule has 2 aromatic heterocycles. The predicted octanol–water partition coefficient (Wildman–Crippen LogP) is 3.40. The third-order valence-electron chi connectivity index (χ3n) is 2.25. The Morgan fingerprint density at radius 2 is 2.24 bits per heavy atom. The van der Waals surface area contributed by atoms with Crippen LogP contribution in [0.15, 0.2) is 17.6 Å². The van der Waals surface area contributed by atoms with Crippen LogP contribution in [0.4, 0.5) is 0 Å². The van der Waals surface area contributed by atoms with Crippen LogP contribution in [0.2, 0.25) is 10.0 Å². The van der Waals surface area contributed by atoms with Crippen molar-refractivity contribution < 1.29 is 0 Å². The molecule has 2 N–H and O–H groups in total. The van der Waals surface area contributed by atoms with E-state index in [-0.39, 0.29) is 6.04 Å². The van der Waals surface area contributed by atoms with Crippen molar-refractivity contribution in [3.05, 3.63) is 44.1 Å². The van der Waals surface area contributed by atoms with Gasteiger partial charge in [0.05, 0.1) is 26.8 Å². The molecule has 2 rings (SSSR count). The molecule has 0 amide bonds. The van der Waals surface area contributed by atoms with Gasteiger partial charge in [0.1, 0.15) is 0 Å². The fourth-order valence-electron chi connectivity index (χ4n) is 1.48. The van der Waals surface area contributed by atoms with Crippen molar-refractivity contribution in [3.63, 3.8) is 0 Å². The smallest absolute Gasteiger partial charge is 0.0947 e. The molecule has 0 aromatic carbocycles. The standard InChI is InChI=1S/C11H11Cl2N3S/c1-6-5-17-10(16-6)3-9(14)11-8(13)2-7(12)4-15-11/h2,4-5,9H,3,14H2,1H3. The lowest BCUT2D eigenvalue weighted by Gasteiger charge is -2.11. The minimum Gasteiger partial charge on any atom is -0.322 e. The summed E-state index contributed by atoms with van der Waals surface area (Å²) in [5.74, 6) is 0. The van der Waals surface area contributed by atoms with Crippen molar-refractivity contribution >= 4 is 34.5 Å². The molecule has 0 bridgehead atoms. The molecule has 0 saturated carbocycles. The first-order chi connectivity index (χ1) is 8.06. The molecule has 90 valence electrons. The summed E-state index contributed by atoms with van der Waals surface area (Å²) < 4.78 is 0. The zero-order valence-electron chi connectivity index (χ0n) is 9.15. The van der Waals surface area contributed by atoms with Gasteiger partial charge in [0.15, 0.2) is 0 Å². The number of hydrogen-bond donors (Lipinski definition) is 1. The summed E-state index contributed by atoms with van der Waals surface area (Å²) >= 11 is 13.4. The summed E-state index contributed by atoms with van der Waals surface area (Å²) in [6.07, 6.45) is 2.18. The largest absolute Gasteiger partial charge is 0.322 e. The normalized spacial score (nSPS) is 12.7. The molecule has 0 radical (unpaired) electrons. The first kappa shape index (κ1) is 12.8. The second-order valence-corrected chi connectivity index (χ2v) is 5.50. The third-order valence-corrected chi connectivity index (χ3v) is 3.75. The van der Waals surface area contributed by atoms with Gasteiger partial charge in [0, 0.05) is 23.7 Å². The lowest BCUT2D eigenvalue weighted by molar-refractivity contribution is 0.692. The zero-order chi connectivity index (χ0) is 12.4. The maximum absolute atomic E-state index is 6.06. The number of halogens is 2. The Balaban J connectivity index is 2.17. The van der Waals surface area contributed by atoms with Gasteiger partial charge in [0.2, 0.25) is 0 Å². The van der Waals surface area contributed by atoms with Crippen molar-refractivity contribution in [1.29, 1.82) is 0 Å². The molecule has 0 spiro atoms. The highest BCUT2D eigenvalue weighted by Crippen LogP contribution is 2.25. The molecule has 2 aromatic rings. The Hall–Kier alpha value is -0.680. The zero-order valence-corrected chi connectivity index (χ0v) is 11.5. The van der Waals surface area contributed by atoms with Crippen LogP contribution in [0.5, 0.6) is 0 Å². The van der Waals surface area contributed by atoms with E-state index in [4.69, 9.17) is 28.9 Å². The fourth-order valence-corrected chi connectivity index (χ4v) is 2.83. The highest BCUT2D eigenvalue weighted by Gasteiger charge is 2.14. The fraction of sp³-hybridized carbons (Fsp3) is 0.273. The van der Waals surface area contributed by atoms with Gasteiger partial charge in [-0.05, 0) is 13.0 Å². The lowest BCUT2D eigenvalue weighted by Crippen LogP contribution is -2.15. The predicted molar refractivity (Wildman–Crippen MR) is 71.7 cm³/mol. The summed E-state index contributed by atoms with van der Waals surface area (Å²) in [5.41, 5.74) is 7.73. The highest BCUT2D eigenvalue weighted by atomic mass is 35.5. The quantitative estimate of drug-likeness (QED) is 0.941. The maximum Gasteiger partial charge on any atom is 0.0947 e. The van der Waals surface area contributed by atoms with E-state index in [1.165, 1.54) is 0 Å². The minimum atomic E-state index is -0.259. The Kier molecular flexibility index (Phi) is 3.99. The average Bonchev–Trinajstić information content (AvgIpc) is 2.63. The number of thiazole rings is 1. The molecule has 17 heavy (non-hydrogen) atoms. The van der Waals surface area contributed by atoms with Crippen molar-refractivity contribution in [2.75, 3.05) is 0 Å². The molecule has 0 fully saturated rings. The number of nitrogens with two attached hydrogens (primary N) is 1. The Bertz CT molecular complexity index is 527. The van der Waals surface area contributed by atoms with Crippen LogP contribution >= 0.6 is 34.5 Å². The Labute approximate surface area is 114 Å². The number of aryl methyl sites for hydroxylation is 1. The van der Waals surface area contributed by atoms with Crippen LogP contribution in [-0.4, -0.2) is 9.97 Å². The SMILES string of the molecule is Cc1csc(CC(N)c2ncc(Cl)cc2Cl)n1. The van der Waals surface area contributed by atoms with Gasteiger partial charge in [-0.2, -0.15) is 0 Å². The summed E-state index contributed by atoms with van der Waals surface area (Å²) in [5, 5.41) is 4.00. The van der Waals surface area contributed by atoms with E-state index in [0.717, 1.165) is 10.7 Å². The third kappa shape index (κ3) is 3.16. The van der Waals surface area contributed by atoms with Gasteiger partial charge in [-0.25, -0.2) is 4.98 Å². The van der Waals surface area contributed by atoms with Gasteiger partial charge in [-0.3, -0.25) is 4.98 Å². The van der Waals surface area contributed by atoms with Gasteiger partial charge in [-0.15, -0.1) is 11.3 Å². The molecule has 0 saturated heterocycles. The maximum atomic E-state index is 6.06. The van der Waals surface area contributed by atoms with E-state index in [2.05, 4.69) is 9.97 Å². The first-order valence-electron chi connectivity index (χ1n) is 5.04. The number of hydrogen-bond acceptors (Lipinski definition) is 4. The minimum absolute atomic E-state index is 0.259. The van der Waals surface area contributed by atoms with Gasteiger partial charge in [-0.1, -0.05) is 23.2 Å². The van der Waals surface area contributed by atoms with Crippen molar-refractivity contribution in [2.24, 2.45) is 5.73 Å². The first-order valence-corrected chi connectivity index (χ1v) is 6.67. The summed E-state index contributed by atoms with van der Waals surface area (Å²) in [7, 11) is 0. The van der Waals surface area contributed by atoms with Gasteiger partial charge in [0.25, 0.3) is 0 Å². The van der Waals surface area contributed by atoms with Gasteiger partial charge < -0.3 is 5.73 Å². The van der Waals surface area contributed by atoms with E-state index in [0.29, 0.717) is 22.2 Å². The van der Waals surface area contributed by atoms with E-state index in [9.17, 15) is 0 Å². The van der Waals surface area contributed by atoms with Crippen molar-refractivity contribution in [1.82, 2.24) is 9.97 Å². The van der Waals surface area contributed by atoms with E-state index in [1.54, 1.807) is 23.6 Å². The monoisotopic (exact) mass is 287 g/mol. The summed E-state index contributed by atoms with van der Waals surface area (Å²) in [6, 6.07) is 1.39. The van der Waals surface area contributed by atoms with Crippen LogP contribution in [0.25, 0.3) is 0 Å². The number of nitrogens with zero attached hydrogens (tertiary/aromatic N) is 2. The van der Waals surface area contributed by atoms with Crippen LogP contribution in [0, 0.1) is 6.92 Å². The highest BCUT2D eigenvalue weighted by molar-refractivity contribution is 7.09. The average molecular weight is 288 g/mol. The molecular formula is C11H11Cl2N3S. The van der Waals surface area contributed by atoms with E-state index < -0.39 is 0 Å². The molecule has 1 unspecified atom stereocenters. The molecule has 6 heteroatoms. The molecule has 2 heterocycles. The van der Waals surface area contributed by atoms with Crippen molar-refractivity contribution in [2.45, 2.75) is 19.4 Å². The Morgan fingerprint density at radius 3 is 2.82 bits per heavy atom. The van der Waals surface area contributed by atoms with E-state index >= 15 is 0 Å². The lowest BCUT2D eigenvalue weighted by atomic mass is 10.1. The molecular weight excluding hydrogens is 277 g/mol.